The minimum absolute atomic E-state index is 0.354. The van der Waals surface area contributed by atoms with E-state index in [-0.39, 0.29) is 12.5 Å². The van der Waals surface area contributed by atoms with Gasteiger partial charge < -0.3 is 5.11 Å². The average molecular weight is 419 g/mol. The maximum atomic E-state index is 12.5. The molecule has 0 unspecified atom stereocenters. The summed E-state index contributed by atoms with van der Waals surface area (Å²) in [6.45, 7) is -0.386. The van der Waals surface area contributed by atoms with Crippen LogP contribution in [-0.4, -0.2) is 23.5 Å². The first-order valence-electron chi connectivity index (χ1n) is 5.52. The van der Waals surface area contributed by atoms with Crippen LogP contribution >= 0.6 is 43.2 Å². The molecule has 0 aliphatic carbocycles. The molecule has 1 aromatic carbocycles. The van der Waals surface area contributed by atoms with Crippen LogP contribution in [0, 0.1) is 0 Å². The van der Waals surface area contributed by atoms with Crippen LogP contribution in [0.4, 0.5) is 5.69 Å². The molecular formula is C13H9Br2NO3S. The zero-order chi connectivity index (χ0) is 14.7. The summed E-state index contributed by atoms with van der Waals surface area (Å²) in [5.74, 6) is -1.42. The van der Waals surface area contributed by atoms with Crippen molar-refractivity contribution in [2.75, 3.05) is 11.4 Å². The first-order valence-corrected chi connectivity index (χ1v) is 7.93. The molecule has 0 bridgehead atoms. The fourth-order valence-electron chi connectivity index (χ4n) is 1.66. The molecule has 0 spiro atoms. The van der Waals surface area contributed by atoms with Crippen molar-refractivity contribution in [1.29, 1.82) is 0 Å². The third kappa shape index (κ3) is 3.47. The zero-order valence-electron chi connectivity index (χ0n) is 10.0. The minimum atomic E-state index is -1.06. The first kappa shape index (κ1) is 15.2. The number of hydrogen-bond donors (Lipinski definition) is 1. The van der Waals surface area contributed by atoms with Gasteiger partial charge in [-0.1, -0.05) is 18.2 Å². The van der Waals surface area contributed by atoms with Crippen LogP contribution in [0.2, 0.25) is 0 Å². The van der Waals surface area contributed by atoms with Crippen molar-refractivity contribution < 1.29 is 14.7 Å². The lowest BCUT2D eigenvalue weighted by atomic mass is 10.2. The van der Waals surface area contributed by atoms with E-state index in [1.807, 2.05) is 6.07 Å². The summed E-state index contributed by atoms with van der Waals surface area (Å²) in [6.07, 6.45) is 0. The molecular weight excluding hydrogens is 410 g/mol. The predicted octanol–water partition coefficient (Wildman–Crippen LogP) is 4.00. The van der Waals surface area contributed by atoms with Gasteiger partial charge >= 0.3 is 5.97 Å². The summed E-state index contributed by atoms with van der Waals surface area (Å²) in [6, 6.07) is 10.4. The Kier molecular flexibility index (Phi) is 4.95. The van der Waals surface area contributed by atoms with Gasteiger partial charge in [0.2, 0.25) is 0 Å². The van der Waals surface area contributed by atoms with Crippen molar-refractivity contribution >= 4 is 60.8 Å². The summed E-state index contributed by atoms with van der Waals surface area (Å²) in [5, 5.41) is 9.00. The number of amides is 1. The van der Waals surface area contributed by atoms with Gasteiger partial charge in [-0.25, -0.2) is 0 Å². The second-order valence-corrected chi connectivity index (χ2v) is 7.61. The quantitative estimate of drug-likeness (QED) is 0.816. The molecule has 2 rings (SSSR count). The maximum absolute atomic E-state index is 12.5. The molecule has 1 amide bonds. The van der Waals surface area contributed by atoms with Gasteiger partial charge in [0.25, 0.3) is 5.91 Å². The van der Waals surface area contributed by atoms with Crippen molar-refractivity contribution in [2.24, 2.45) is 0 Å². The van der Waals surface area contributed by atoms with E-state index in [4.69, 9.17) is 5.11 Å². The van der Waals surface area contributed by atoms with Crippen LogP contribution in [-0.2, 0) is 4.79 Å². The highest BCUT2D eigenvalue weighted by Crippen LogP contribution is 2.33. The van der Waals surface area contributed by atoms with Crippen LogP contribution in [0.5, 0.6) is 0 Å². The van der Waals surface area contributed by atoms with Crippen LogP contribution in [0.1, 0.15) is 10.4 Å². The molecule has 0 saturated carbocycles. The number of carbonyl (C=O) groups is 2. The standard InChI is InChI=1S/C13H9Br2NO3S/c14-10-6-9(12(15)20-10)13(19)16(7-11(17)18)8-4-2-1-3-5-8/h1-6H,7H2,(H,17,18). The molecule has 1 aromatic heterocycles. The highest BCUT2D eigenvalue weighted by Gasteiger charge is 2.23. The number of para-hydroxylation sites is 1. The molecule has 104 valence electrons. The highest BCUT2D eigenvalue weighted by atomic mass is 79.9. The van der Waals surface area contributed by atoms with Gasteiger partial charge in [0.05, 0.1) is 13.1 Å². The molecule has 0 saturated heterocycles. The predicted molar refractivity (Wildman–Crippen MR) is 85.5 cm³/mol. The van der Waals surface area contributed by atoms with Crippen LogP contribution < -0.4 is 4.90 Å². The number of nitrogens with zero attached hydrogens (tertiary/aromatic N) is 1. The van der Waals surface area contributed by atoms with Gasteiger partial charge in [-0.2, -0.15) is 0 Å². The molecule has 1 N–H and O–H groups in total. The summed E-state index contributed by atoms with van der Waals surface area (Å²) in [5.41, 5.74) is 0.987. The third-order valence-electron chi connectivity index (χ3n) is 2.49. The minimum Gasteiger partial charge on any atom is -0.480 e. The van der Waals surface area contributed by atoms with E-state index in [2.05, 4.69) is 31.9 Å². The van der Waals surface area contributed by atoms with Gasteiger partial charge in [-0.3, -0.25) is 14.5 Å². The van der Waals surface area contributed by atoms with E-state index in [1.165, 1.54) is 16.2 Å². The summed E-state index contributed by atoms with van der Waals surface area (Å²) in [4.78, 5) is 24.8. The number of carboxylic acid groups (broad SMARTS) is 1. The Balaban J connectivity index is 2.39. The smallest absolute Gasteiger partial charge is 0.323 e. The number of thiophene rings is 1. The lowest BCUT2D eigenvalue weighted by Crippen LogP contribution is -2.35. The number of benzene rings is 1. The molecule has 0 aliphatic heterocycles. The molecule has 20 heavy (non-hydrogen) atoms. The van der Waals surface area contributed by atoms with Crippen LogP contribution in [0.3, 0.4) is 0 Å². The lowest BCUT2D eigenvalue weighted by molar-refractivity contribution is -0.135. The van der Waals surface area contributed by atoms with E-state index >= 15 is 0 Å². The van der Waals surface area contributed by atoms with Crippen molar-refractivity contribution in [3.05, 3.63) is 49.5 Å². The monoisotopic (exact) mass is 417 g/mol. The molecule has 0 radical (unpaired) electrons. The molecule has 0 atom stereocenters. The molecule has 7 heteroatoms. The van der Waals surface area contributed by atoms with Crippen molar-refractivity contribution in [3.63, 3.8) is 0 Å². The van der Waals surface area contributed by atoms with Gasteiger partial charge in [0.15, 0.2) is 0 Å². The summed E-state index contributed by atoms with van der Waals surface area (Å²) < 4.78 is 1.47. The Bertz CT molecular complexity index is 642. The largest absolute Gasteiger partial charge is 0.480 e. The number of hydrogen-bond acceptors (Lipinski definition) is 3. The number of carbonyl (C=O) groups excluding carboxylic acids is 1. The van der Waals surface area contributed by atoms with Crippen LogP contribution in [0.15, 0.2) is 44.0 Å². The number of aliphatic carboxylic acids is 1. The number of rotatable bonds is 4. The fraction of sp³-hybridized carbons (Fsp3) is 0.0769. The van der Waals surface area contributed by atoms with E-state index in [9.17, 15) is 9.59 Å². The Labute approximate surface area is 136 Å². The van der Waals surface area contributed by atoms with E-state index in [0.29, 0.717) is 15.0 Å². The van der Waals surface area contributed by atoms with Crippen molar-refractivity contribution in [3.8, 4) is 0 Å². The van der Waals surface area contributed by atoms with Gasteiger partial charge in [-0.05, 0) is 50.1 Å². The molecule has 0 fully saturated rings. The van der Waals surface area contributed by atoms with Gasteiger partial charge in [-0.15, -0.1) is 11.3 Å². The fourth-order valence-corrected chi connectivity index (χ4v) is 4.43. The number of anilines is 1. The molecule has 1 heterocycles. The highest BCUT2D eigenvalue weighted by molar-refractivity contribution is 9.12. The zero-order valence-corrected chi connectivity index (χ0v) is 14.0. The second-order valence-electron chi connectivity index (χ2n) is 3.86. The Morgan fingerprint density at radius 1 is 1.20 bits per heavy atom. The SMILES string of the molecule is O=C(O)CN(C(=O)c1cc(Br)sc1Br)c1ccccc1. The van der Waals surface area contributed by atoms with E-state index in [1.54, 1.807) is 30.3 Å². The van der Waals surface area contributed by atoms with Crippen molar-refractivity contribution in [1.82, 2.24) is 0 Å². The van der Waals surface area contributed by atoms with Gasteiger partial charge in [0, 0.05) is 5.69 Å². The number of carboxylic acids is 1. The summed E-state index contributed by atoms with van der Waals surface area (Å²) in [7, 11) is 0. The van der Waals surface area contributed by atoms with Gasteiger partial charge in [0.1, 0.15) is 6.54 Å². The Hall–Kier alpha value is -1.18. The molecule has 4 nitrogen and oxygen atoms in total. The molecule has 0 aliphatic rings. The third-order valence-corrected chi connectivity index (χ3v) is 4.83. The van der Waals surface area contributed by atoms with Crippen molar-refractivity contribution in [2.45, 2.75) is 0 Å². The Morgan fingerprint density at radius 2 is 1.85 bits per heavy atom. The first-order chi connectivity index (χ1) is 9.49. The lowest BCUT2D eigenvalue weighted by Gasteiger charge is -2.20. The van der Waals surface area contributed by atoms with E-state index < -0.39 is 5.97 Å². The maximum Gasteiger partial charge on any atom is 0.323 e. The topological polar surface area (TPSA) is 57.6 Å². The average Bonchev–Trinajstić information content (AvgIpc) is 2.75. The summed E-state index contributed by atoms with van der Waals surface area (Å²) >= 11 is 7.99. The Morgan fingerprint density at radius 3 is 2.35 bits per heavy atom. The normalized spacial score (nSPS) is 10.3. The van der Waals surface area contributed by atoms with E-state index in [0.717, 1.165) is 3.79 Å². The second kappa shape index (κ2) is 6.51. The number of halogens is 2. The van der Waals surface area contributed by atoms with Crippen LogP contribution in [0.25, 0.3) is 0 Å². The molecule has 2 aromatic rings.